The largest absolute Gasteiger partial charge is 0.377 e. The number of rotatable bonds is 3. The van der Waals surface area contributed by atoms with E-state index < -0.39 is 10.0 Å². The molecule has 0 aromatic carbocycles. The van der Waals surface area contributed by atoms with Gasteiger partial charge in [0.1, 0.15) is 6.10 Å². The van der Waals surface area contributed by atoms with E-state index in [1.165, 1.54) is 0 Å². The Kier molecular flexibility index (Phi) is 2.93. The monoisotopic (exact) mass is 261 g/mol. The van der Waals surface area contributed by atoms with Crippen LogP contribution in [0.2, 0.25) is 0 Å². The lowest BCUT2D eigenvalue weighted by molar-refractivity contribution is -0.0624. The molecular weight excluding hydrogens is 242 g/mol. The summed E-state index contributed by atoms with van der Waals surface area (Å²) in [5.41, 5.74) is 0. The minimum Gasteiger partial charge on any atom is -0.377 e. The average Bonchev–Trinajstić information content (AvgIpc) is 3.11. The highest BCUT2D eigenvalue weighted by Crippen LogP contribution is 2.38. The van der Waals surface area contributed by atoms with Crippen molar-refractivity contribution in [1.29, 1.82) is 0 Å². The highest BCUT2D eigenvalue weighted by molar-refractivity contribution is 7.90. The van der Waals surface area contributed by atoms with E-state index in [1.54, 1.807) is 11.4 Å². The second-order valence-electron chi connectivity index (χ2n) is 5.13. The van der Waals surface area contributed by atoms with Gasteiger partial charge in [0.2, 0.25) is 10.0 Å². The zero-order valence-electron chi connectivity index (χ0n) is 10.0. The minimum atomic E-state index is -3.11. The maximum Gasteiger partial charge on any atom is 0.217 e. The van der Waals surface area contributed by atoms with E-state index in [1.807, 2.05) is 0 Å². The Bertz CT molecular complexity index is 392. The van der Waals surface area contributed by atoms with Crippen LogP contribution in [0.3, 0.4) is 0 Å². The zero-order valence-corrected chi connectivity index (χ0v) is 10.9. The Hall–Kier alpha value is -0.170. The topological polar surface area (TPSA) is 55.8 Å². The van der Waals surface area contributed by atoms with Crippen LogP contribution in [0.15, 0.2) is 0 Å². The molecule has 2 aliphatic heterocycles. The van der Waals surface area contributed by atoms with Crippen LogP contribution >= 0.6 is 0 Å². The van der Waals surface area contributed by atoms with Crippen molar-refractivity contribution in [2.24, 2.45) is 0 Å². The van der Waals surface area contributed by atoms with E-state index in [4.69, 9.17) is 9.47 Å². The van der Waals surface area contributed by atoms with Crippen LogP contribution in [0.5, 0.6) is 0 Å². The first kappa shape index (κ1) is 11.9. The molecule has 0 N–H and O–H groups in total. The van der Waals surface area contributed by atoms with Crippen molar-refractivity contribution in [2.75, 3.05) is 20.3 Å². The minimum absolute atomic E-state index is 0.000648. The molecule has 3 fully saturated rings. The van der Waals surface area contributed by atoms with E-state index in [0.717, 1.165) is 32.3 Å². The number of hydrogen-bond donors (Lipinski definition) is 0. The van der Waals surface area contributed by atoms with Gasteiger partial charge in [0.05, 0.1) is 17.4 Å². The molecule has 98 valence electrons. The maximum absolute atomic E-state index is 12.3. The van der Waals surface area contributed by atoms with E-state index in [9.17, 15) is 8.42 Å². The highest BCUT2D eigenvalue weighted by Gasteiger charge is 2.52. The maximum atomic E-state index is 12.3. The summed E-state index contributed by atoms with van der Waals surface area (Å²) in [6, 6.07) is -0.000648. The average molecular weight is 261 g/mol. The molecule has 1 saturated carbocycles. The van der Waals surface area contributed by atoms with Crippen molar-refractivity contribution >= 4 is 10.0 Å². The predicted octanol–water partition coefficient (Wildman–Crippen LogP) is 0.357. The van der Waals surface area contributed by atoms with Crippen LogP contribution in [-0.4, -0.2) is 56.5 Å². The van der Waals surface area contributed by atoms with Crippen molar-refractivity contribution in [3.05, 3.63) is 0 Å². The second kappa shape index (κ2) is 4.19. The van der Waals surface area contributed by atoms with E-state index >= 15 is 0 Å². The van der Waals surface area contributed by atoms with Gasteiger partial charge in [0, 0.05) is 20.3 Å². The van der Waals surface area contributed by atoms with Gasteiger partial charge in [-0.15, -0.1) is 0 Å². The zero-order chi connectivity index (χ0) is 12.0. The van der Waals surface area contributed by atoms with Gasteiger partial charge >= 0.3 is 0 Å². The Morgan fingerprint density at radius 1 is 1.29 bits per heavy atom. The fourth-order valence-corrected chi connectivity index (χ4v) is 5.00. The summed E-state index contributed by atoms with van der Waals surface area (Å²) < 4.78 is 37.4. The molecule has 2 heterocycles. The van der Waals surface area contributed by atoms with Crippen molar-refractivity contribution in [2.45, 2.75) is 49.2 Å². The van der Waals surface area contributed by atoms with Crippen LogP contribution < -0.4 is 0 Å². The van der Waals surface area contributed by atoms with E-state index in [2.05, 4.69) is 0 Å². The van der Waals surface area contributed by atoms with Crippen LogP contribution in [0, 0.1) is 0 Å². The molecule has 17 heavy (non-hydrogen) atoms. The Balaban J connectivity index is 1.85. The van der Waals surface area contributed by atoms with Gasteiger partial charge in [0.25, 0.3) is 0 Å². The fraction of sp³-hybridized carbons (Fsp3) is 1.00. The molecule has 0 aromatic heterocycles. The first-order valence-corrected chi connectivity index (χ1v) is 7.80. The molecule has 0 amide bonds. The molecule has 1 aliphatic carbocycles. The number of ether oxygens (including phenoxy) is 2. The molecule has 2 saturated heterocycles. The van der Waals surface area contributed by atoms with Gasteiger partial charge < -0.3 is 9.47 Å². The normalized spacial score (nSPS) is 39.2. The third-order valence-corrected chi connectivity index (χ3v) is 6.39. The Labute approximate surface area is 102 Å². The SMILES string of the molecule is CO[C@@H]1CN(S(=O)(=O)C2CC2)[C@H]2CCCO[C@@H]12. The summed E-state index contributed by atoms with van der Waals surface area (Å²) >= 11 is 0. The summed E-state index contributed by atoms with van der Waals surface area (Å²) in [5.74, 6) is 0. The molecule has 0 aromatic rings. The lowest BCUT2D eigenvalue weighted by Crippen LogP contribution is -2.44. The lowest BCUT2D eigenvalue weighted by atomic mass is 10.0. The second-order valence-corrected chi connectivity index (χ2v) is 7.30. The molecule has 6 heteroatoms. The van der Waals surface area contributed by atoms with Gasteiger partial charge in [-0.3, -0.25) is 0 Å². The molecule has 0 unspecified atom stereocenters. The number of hydrogen-bond acceptors (Lipinski definition) is 4. The molecule has 0 spiro atoms. The van der Waals surface area contributed by atoms with Crippen molar-refractivity contribution in [3.8, 4) is 0 Å². The van der Waals surface area contributed by atoms with Gasteiger partial charge in [-0.1, -0.05) is 0 Å². The molecule has 5 nitrogen and oxygen atoms in total. The van der Waals surface area contributed by atoms with Crippen LogP contribution in [0.25, 0.3) is 0 Å². The molecule has 0 radical (unpaired) electrons. The predicted molar refractivity (Wildman–Crippen MR) is 62.2 cm³/mol. The summed E-state index contributed by atoms with van der Waals surface area (Å²) in [7, 11) is -1.47. The molecule has 3 rings (SSSR count). The van der Waals surface area contributed by atoms with Crippen LogP contribution in [-0.2, 0) is 19.5 Å². The van der Waals surface area contributed by atoms with Crippen LogP contribution in [0.1, 0.15) is 25.7 Å². The summed E-state index contributed by atoms with van der Waals surface area (Å²) in [4.78, 5) is 0. The standard InChI is InChI=1S/C11H19NO4S/c1-15-10-7-12(17(13,14)8-4-5-8)9-3-2-6-16-11(9)10/h8-11H,2-7H2,1H3/t9-,10+,11+/m0/s1. The summed E-state index contributed by atoms with van der Waals surface area (Å²) in [6.07, 6.45) is 3.30. The first-order chi connectivity index (χ1) is 8.14. The Morgan fingerprint density at radius 2 is 2.06 bits per heavy atom. The van der Waals surface area contributed by atoms with Gasteiger partial charge in [-0.25, -0.2) is 8.42 Å². The lowest BCUT2D eigenvalue weighted by Gasteiger charge is -2.31. The van der Waals surface area contributed by atoms with Gasteiger partial charge in [0.15, 0.2) is 0 Å². The third kappa shape index (κ3) is 1.91. The van der Waals surface area contributed by atoms with E-state index in [0.29, 0.717) is 6.54 Å². The number of fused-ring (bicyclic) bond motifs is 1. The number of nitrogens with zero attached hydrogens (tertiary/aromatic N) is 1. The molecule has 0 bridgehead atoms. The Morgan fingerprint density at radius 3 is 2.71 bits per heavy atom. The fourth-order valence-electron chi connectivity index (χ4n) is 2.93. The number of sulfonamides is 1. The summed E-state index contributed by atoms with van der Waals surface area (Å²) in [6.45, 7) is 1.18. The quantitative estimate of drug-likeness (QED) is 0.736. The third-order valence-electron chi connectivity index (χ3n) is 4.01. The molecule has 3 atom stereocenters. The first-order valence-electron chi connectivity index (χ1n) is 6.29. The number of methoxy groups -OCH3 is 1. The van der Waals surface area contributed by atoms with E-state index in [-0.39, 0.29) is 23.5 Å². The van der Waals surface area contributed by atoms with Crippen molar-refractivity contribution in [1.82, 2.24) is 4.31 Å². The molecular formula is C11H19NO4S. The van der Waals surface area contributed by atoms with Crippen LogP contribution in [0.4, 0.5) is 0 Å². The molecule has 3 aliphatic rings. The smallest absolute Gasteiger partial charge is 0.217 e. The van der Waals surface area contributed by atoms with Crippen molar-refractivity contribution in [3.63, 3.8) is 0 Å². The summed E-state index contributed by atoms with van der Waals surface area (Å²) in [5, 5.41) is -0.138. The van der Waals surface area contributed by atoms with Gasteiger partial charge in [-0.2, -0.15) is 4.31 Å². The van der Waals surface area contributed by atoms with Gasteiger partial charge in [-0.05, 0) is 25.7 Å². The van der Waals surface area contributed by atoms with Crippen molar-refractivity contribution < 1.29 is 17.9 Å². The highest BCUT2D eigenvalue weighted by atomic mass is 32.2.